The Balaban J connectivity index is 1.88. The van der Waals surface area contributed by atoms with E-state index >= 15 is 0 Å². The molecule has 1 atom stereocenters. The summed E-state index contributed by atoms with van der Waals surface area (Å²) in [5.74, 6) is -0.576. The third-order valence-electron chi connectivity index (χ3n) is 5.52. The summed E-state index contributed by atoms with van der Waals surface area (Å²) in [6.45, 7) is 3.00. The highest BCUT2D eigenvalue weighted by Crippen LogP contribution is 2.36. The number of methoxy groups -OCH3 is 2. The number of allylic oxidation sites excluding steroid dienone is 2. The molecule has 0 radical (unpaired) electrons. The van der Waals surface area contributed by atoms with Gasteiger partial charge in [-0.25, -0.2) is 9.79 Å². The van der Waals surface area contributed by atoms with E-state index in [-0.39, 0.29) is 22.6 Å². The number of thiazole rings is 1. The zero-order chi connectivity index (χ0) is 25.8. The first-order chi connectivity index (χ1) is 17.3. The van der Waals surface area contributed by atoms with Crippen LogP contribution in [0.4, 0.5) is 0 Å². The molecule has 0 N–H and O–H groups in total. The van der Waals surface area contributed by atoms with Gasteiger partial charge in [-0.1, -0.05) is 59.9 Å². The maximum absolute atomic E-state index is 13.5. The van der Waals surface area contributed by atoms with Crippen LogP contribution in [0.5, 0.6) is 11.5 Å². The summed E-state index contributed by atoms with van der Waals surface area (Å²) >= 11 is 1.23. The van der Waals surface area contributed by atoms with Gasteiger partial charge in [0.15, 0.2) is 16.3 Å². The molecule has 0 bridgehead atoms. The lowest BCUT2D eigenvalue weighted by molar-refractivity contribution is -0.136. The van der Waals surface area contributed by atoms with E-state index < -0.39 is 18.0 Å². The van der Waals surface area contributed by atoms with Crippen LogP contribution in [-0.4, -0.2) is 30.7 Å². The van der Waals surface area contributed by atoms with E-state index in [2.05, 4.69) is 4.99 Å². The molecule has 2 aromatic carbocycles. The van der Waals surface area contributed by atoms with E-state index in [0.29, 0.717) is 20.6 Å². The molecular weight excluding hydrogens is 480 g/mol. The smallest absolute Gasteiger partial charge is 0.338 e. The fourth-order valence-corrected chi connectivity index (χ4v) is 4.92. The van der Waals surface area contributed by atoms with Crippen molar-refractivity contribution in [2.75, 3.05) is 14.2 Å². The molecule has 2 heterocycles. The zero-order valence-corrected chi connectivity index (χ0v) is 21.0. The topological polar surface area (TPSA) is 96.2 Å². The first-order valence-electron chi connectivity index (χ1n) is 11.0. The normalized spacial score (nSPS) is 15.4. The van der Waals surface area contributed by atoms with Crippen LogP contribution in [0, 0.1) is 0 Å². The second-order valence-corrected chi connectivity index (χ2v) is 8.88. The molecule has 0 spiro atoms. The van der Waals surface area contributed by atoms with Gasteiger partial charge in [-0.15, -0.1) is 0 Å². The van der Waals surface area contributed by atoms with Crippen LogP contribution in [0.15, 0.2) is 75.7 Å². The van der Waals surface area contributed by atoms with E-state index in [9.17, 15) is 14.4 Å². The molecule has 0 saturated carbocycles. The molecule has 3 aromatic rings. The SMILES string of the molecule is COC(=O)C1=C(C)N=c2sc(=CC=Cc3ccccc3)c(=O)n2C1c1ccc(OC(C)=O)c(OC)c1. The highest BCUT2D eigenvalue weighted by Gasteiger charge is 2.33. The number of carbonyl (C=O) groups excluding carboxylic acids is 2. The number of hydrogen-bond acceptors (Lipinski definition) is 8. The van der Waals surface area contributed by atoms with E-state index in [1.807, 2.05) is 42.5 Å². The summed E-state index contributed by atoms with van der Waals surface area (Å²) in [7, 11) is 2.72. The van der Waals surface area contributed by atoms with Gasteiger partial charge in [-0.05, 0) is 36.3 Å². The minimum Gasteiger partial charge on any atom is -0.493 e. The van der Waals surface area contributed by atoms with Crippen LogP contribution in [0.1, 0.15) is 31.0 Å². The molecular formula is C27H24N2O6S. The van der Waals surface area contributed by atoms with Gasteiger partial charge in [0, 0.05) is 6.92 Å². The molecule has 1 unspecified atom stereocenters. The fraction of sp³-hybridized carbons (Fsp3) is 0.185. The molecule has 0 aliphatic carbocycles. The van der Waals surface area contributed by atoms with E-state index in [4.69, 9.17) is 14.2 Å². The maximum atomic E-state index is 13.5. The molecule has 4 rings (SSSR count). The van der Waals surface area contributed by atoms with Crippen LogP contribution < -0.4 is 24.4 Å². The van der Waals surface area contributed by atoms with Gasteiger partial charge in [0.05, 0.1) is 36.1 Å². The molecule has 36 heavy (non-hydrogen) atoms. The van der Waals surface area contributed by atoms with Gasteiger partial charge in [-0.2, -0.15) is 0 Å². The van der Waals surface area contributed by atoms with Crippen molar-refractivity contribution in [3.63, 3.8) is 0 Å². The lowest BCUT2D eigenvalue weighted by atomic mass is 9.95. The average Bonchev–Trinajstić information content (AvgIpc) is 3.17. The number of ether oxygens (including phenoxy) is 3. The average molecular weight is 505 g/mol. The first-order valence-corrected chi connectivity index (χ1v) is 11.8. The van der Waals surface area contributed by atoms with Crippen LogP contribution in [0.2, 0.25) is 0 Å². The number of hydrogen-bond donors (Lipinski definition) is 0. The maximum Gasteiger partial charge on any atom is 0.338 e. The van der Waals surface area contributed by atoms with E-state index in [1.165, 1.54) is 37.0 Å². The highest BCUT2D eigenvalue weighted by molar-refractivity contribution is 7.07. The summed E-state index contributed by atoms with van der Waals surface area (Å²) in [5, 5.41) is 0. The number of benzene rings is 2. The van der Waals surface area contributed by atoms with Crippen LogP contribution in [0.25, 0.3) is 12.2 Å². The molecule has 0 amide bonds. The molecule has 8 nitrogen and oxygen atoms in total. The Morgan fingerprint density at radius 2 is 1.83 bits per heavy atom. The largest absolute Gasteiger partial charge is 0.493 e. The number of esters is 2. The number of aromatic nitrogens is 1. The Hall–Kier alpha value is -4.24. The van der Waals surface area contributed by atoms with Crippen LogP contribution >= 0.6 is 11.3 Å². The summed E-state index contributed by atoms with van der Waals surface area (Å²) in [6.07, 6.45) is 5.44. The molecule has 0 saturated heterocycles. The number of carbonyl (C=O) groups is 2. The second-order valence-electron chi connectivity index (χ2n) is 7.87. The van der Waals surface area contributed by atoms with Crippen molar-refractivity contribution in [2.24, 2.45) is 4.99 Å². The highest BCUT2D eigenvalue weighted by atomic mass is 32.1. The van der Waals surface area contributed by atoms with Gasteiger partial charge in [0.25, 0.3) is 5.56 Å². The fourth-order valence-electron chi connectivity index (χ4n) is 3.93. The van der Waals surface area contributed by atoms with Crippen molar-refractivity contribution in [1.82, 2.24) is 4.57 Å². The third-order valence-corrected chi connectivity index (χ3v) is 6.52. The number of rotatable bonds is 6. The van der Waals surface area contributed by atoms with Gasteiger partial charge in [0.2, 0.25) is 0 Å². The molecule has 1 aromatic heterocycles. The van der Waals surface area contributed by atoms with Gasteiger partial charge in [-0.3, -0.25) is 14.2 Å². The predicted molar refractivity (Wildman–Crippen MR) is 136 cm³/mol. The monoisotopic (exact) mass is 504 g/mol. The first kappa shape index (κ1) is 24.9. The molecule has 1 aliphatic rings. The molecule has 1 aliphatic heterocycles. The lowest BCUT2D eigenvalue weighted by Crippen LogP contribution is -2.39. The van der Waals surface area contributed by atoms with Gasteiger partial charge < -0.3 is 14.2 Å². The third kappa shape index (κ3) is 4.92. The Morgan fingerprint density at radius 1 is 1.08 bits per heavy atom. The quantitative estimate of drug-likeness (QED) is 0.378. The summed E-state index contributed by atoms with van der Waals surface area (Å²) in [5.41, 5.74) is 1.97. The van der Waals surface area contributed by atoms with Crippen molar-refractivity contribution in [1.29, 1.82) is 0 Å². The molecule has 0 fully saturated rings. The van der Waals surface area contributed by atoms with Crippen molar-refractivity contribution in [3.05, 3.63) is 96.7 Å². The number of nitrogens with zero attached hydrogens (tertiary/aromatic N) is 2. The van der Waals surface area contributed by atoms with Crippen molar-refractivity contribution < 1.29 is 23.8 Å². The number of fused-ring (bicyclic) bond motifs is 1. The van der Waals surface area contributed by atoms with Crippen LogP contribution in [-0.2, 0) is 14.3 Å². The Kier molecular flexibility index (Phi) is 7.30. The molecule has 9 heteroatoms. The minimum absolute atomic E-state index is 0.229. The van der Waals surface area contributed by atoms with Crippen molar-refractivity contribution >= 4 is 35.4 Å². The summed E-state index contributed by atoms with van der Waals surface area (Å²) in [6, 6.07) is 13.8. The lowest BCUT2D eigenvalue weighted by Gasteiger charge is -2.25. The van der Waals surface area contributed by atoms with Gasteiger partial charge >= 0.3 is 11.9 Å². The Labute approximate surface area is 211 Å². The summed E-state index contributed by atoms with van der Waals surface area (Å²) in [4.78, 5) is 42.8. The van der Waals surface area contributed by atoms with Crippen molar-refractivity contribution in [3.8, 4) is 11.5 Å². The Bertz CT molecular complexity index is 1560. The minimum atomic E-state index is -0.811. The van der Waals surface area contributed by atoms with E-state index in [1.54, 1.807) is 31.2 Å². The second kappa shape index (κ2) is 10.6. The van der Waals surface area contributed by atoms with Gasteiger partial charge in [0.1, 0.15) is 0 Å². The van der Waals surface area contributed by atoms with Crippen LogP contribution in [0.3, 0.4) is 0 Å². The standard InChI is InChI=1S/C27H24N2O6S/c1-16-23(26(32)34-4)24(19-13-14-20(35-17(2)30)21(15-19)33-3)29-25(31)22(36-27(29)28-16)12-8-11-18-9-6-5-7-10-18/h5-15,24H,1-4H3. The molecule has 184 valence electrons. The zero-order valence-electron chi connectivity index (χ0n) is 20.2. The van der Waals surface area contributed by atoms with E-state index in [0.717, 1.165) is 5.56 Å². The summed E-state index contributed by atoms with van der Waals surface area (Å²) < 4.78 is 17.6. The van der Waals surface area contributed by atoms with Crippen molar-refractivity contribution in [2.45, 2.75) is 19.9 Å². The Morgan fingerprint density at radius 3 is 2.50 bits per heavy atom. The predicted octanol–water partition coefficient (Wildman–Crippen LogP) is 3.01.